The van der Waals surface area contributed by atoms with Gasteiger partial charge in [0.1, 0.15) is 24.3 Å². The highest BCUT2D eigenvalue weighted by Crippen LogP contribution is 2.24. The second-order valence-electron chi connectivity index (χ2n) is 31.5. The molecule has 10 aromatic heterocycles. The van der Waals surface area contributed by atoms with Crippen LogP contribution in [0.1, 0.15) is 403 Å². The zero-order valence-electron chi connectivity index (χ0n) is 80.2. The molecule has 0 aromatic carbocycles. The molecule has 10 rings (SSSR count). The smallest absolute Gasteiger partial charge is 0.179 e. The predicted molar refractivity (Wildman–Crippen MR) is 473 cm³/mol. The minimum atomic E-state index is 0.00694. The molecule has 640 valence electrons. The SMILES string of the molecule is CC.CC.CC.CC.CC.CC.CC.CC.CC.CC.CC(C)(C)c1cc[nH]c1.CC(C)(C)c1ccn[nH]1.CC(C)(C)c1cn[nH]c1.CC(C)(C)c1cn[nH]n1.CC(C)(C)c1cn[nH]n1.CC(C)(C)c1cn[nH]n1.CC(C)(C)c1cnc[nH]1.CC(C)(C)c1ncn[nH]1.CC(C)(C)c1ncn[nH]1.CC(C)(C)c1nn[nH]n1. The van der Waals surface area contributed by atoms with Crippen molar-refractivity contribution in [2.24, 2.45) is 0 Å². The highest BCUT2D eigenvalue weighted by molar-refractivity contribution is 5.18. The van der Waals surface area contributed by atoms with Crippen LogP contribution in [0.15, 0.2) is 86.9 Å². The van der Waals surface area contributed by atoms with Crippen LogP contribution < -0.4 is 0 Å². The molecule has 26 nitrogen and oxygen atoms in total. The van der Waals surface area contributed by atoms with Crippen LogP contribution in [0.25, 0.3) is 0 Å². The Hall–Kier alpha value is -8.32. The van der Waals surface area contributed by atoms with Crippen molar-refractivity contribution in [2.75, 3.05) is 0 Å². The summed E-state index contributed by atoms with van der Waals surface area (Å²) in [6.45, 7) is 104. The van der Waals surface area contributed by atoms with E-state index in [1.54, 1.807) is 31.1 Å². The maximum atomic E-state index is 4.02. The molecule has 0 aliphatic carbocycles. The van der Waals surface area contributed by atoms with Gasteiger partial charge in [0, 0.05) is 85.7 Å². The summed E-state index contributed by atoms with van der Waals surface area (Å²) in [5, 5.41) is 70.8. The molecule has 10 N–H and O–H groups in total. The Morgan fingerprint density at radius 3 is 0.782 bits per heavy atom. The molecular formula is C84H174N26. The van der Waals surface area contributed by atoms with Crippen molar-refractivity contribution in [3.63, 3.8) is 0 Å². The molecule has 0 saturated carbocycles. The zero-order valence-corrected chi connectivity index (χ0v) is 80.2. The lowest BCUT2D eigenvalue weighted by Crippen LogP contribution is -2.13. The van der Waals surface area contributed by atoms with Crippen LogP contribution in [-0.4, -0.2) is 133 Å². The predicted octanol–water partition coefficient (Wildman–Crippen LogP) is 23.7. The maximum Gasteiger partial charge on any atom is 0.179 e. The molecule has 0 aliphatic heterocycles. The van der Waals surface area contributed by atoms with Crippen molar-refractivity contribution in [1.82, 2.24) is 133 Å². The summed E-state index contributed by atoms with van der Waals surface area (Å²) >= 11 is 0. The molecule has 0 unspecified atom stereocenters. The number of hydrogen-bond acceptors (Lipinski definition) is 16. The summed E-state index contributed by atoms with van der Waals surface area (Å²) in [6, 6.07) is 4.11. The summed E-state index contributed by atoms with van der Waals surface area (Å²) in [5.41, 5.74) is 9.47. The standard InChI is InChI=1S/C8H13N.3C7H12N2.5C6H11N3.C5H10N4.10C2H6/c1-8(2,3)7-4-5-9-6-7;1-7(2,3)6-4-8-5-9-6;1-7(2,3)6-4-8-9-5-6;1-7(2,3)6-4-5-8-9-6;2*1-6(2,3)5-7-4-8-9-5;3*1-6(2,3)5-4-7-9-8-5;1-5(2,3)4-6-8-9-7-4;10*1-2/h4-6,9H,1-3H3;3*4-5H,1-3H3,(H,8,9);5*4H,1-3H3,(H,7,8,9);1-3H3,(H,6,7,8,9);10*1-2H3. The van der Waals surface area contributed by atoms with E-state index in [1.165, 1.54) is 35.2 Å². The fraction of sp³-hybridized carbons (Fsp3) is 0.714. The lowest BCUT2D eigenvalue weighted by molar-refractivity contribution is 0.546. The summed E-state index contributed by atoms with van der Waals surface area (Å²) in [5.74, 6) is 2.62. The molecule has 0 fully saturated rings. The minimum absolute atomic E-state index is 0.00694. The number of aromatic nitrogens is 26. The fourth-order valence-electron chi connectivity index (χ4n) is 6.09. The molecule has 0 saturated heterocycles. The van der Waals surface area contributed by atoms with E-state index in [1.807, 2.05) is 196 Å². The lowest BCUT2D eigenvalue weighted by atomic mass is 9.89. The van der Waals surface area contributed by atoms with Crippen LogP contribution in [0.2, 0.25) is 0 Å². The third-order valence-electron chi connectivity index (χ3n) is 12.3. The van der Waals surface area contributed by atoms with E-state index in [0.717, 1.165) is 34.6 Å². The molecule has 26 heteroatoms. The Kier molecular flexibility index (Phi) is 75.3. The number of aromatic amines is 10. The second-order valence-corrected chi connectivity index (χ2v) is 31.5. The Balaban J connectivity index is -0.000000123. The topological polar surface area (TPSA) is 364 Å². The van der Waals surface area contributed by atoms with E-state index in [2.05, 4.69) is 326 Å². The second kappa shape index (κ2) is 67.6. The third-order valence-corrected chi connectivity index (χ3v) is 12.3. The Morgan fingerprint density at radius 1 is 0.291 bits per heavy atom. The molecule has 0 aliphatic rings. The van der Waals surface area contributed by atoms with Gasteiger partial charge >= 0.3 is 0 Å². The average Bonchev–Trinajstić information content (AvgIpc) is 1.84. The molecular weight excluding hydrogens is 1370 g/mol. The van der Waals surface area contributed by atoms with E-state index in [9.17, 15) is 0 Å². The van der Waals surface area contributed by atoms with Gasteiger partial charge in [-0.15, -0.1) is 10.2 Å². The van der Waals surface area contributed by atoms with Gasteiger partial charge in [-0.2, -0.15) is 71.8 Å². The van der Waals surface area contributed by atoms with Crippen molar-refractivity contribution in [3.8, 4) is 0 Å². The molecule has 0 bridgehead atoms. The van der Waals surface area contributed by atoms with Crippen molar-refractivity contribution < 1.29 is 0 Å². The van der Waals surface area contributed by atoms with E-state index in [0.29, 0.717) is 5.41 Å². The first-order valence-corrected chi connectivity index (χ1v) is 40.2. The van der Waals surface area contributed by atoms with Crippen molar-refractivity contribution in [2.45, 2.75) is 400 Å². The summed E-state index contributed by atoms with van der Waals surface area (Å²) in [7, 11) is 0. The van der Waals surface area contributed by atoms with Crippen LogP contribution in [0.5, 0.6) is 0 Å². The maximum absolute atomic E-state index is 4.02. The van der Waals surface area contributed by atoms with Gasteiger partial charge in [-0.3, -0.25) is 20.4 Å². The summed E-state index contributed by atoms with van der Waals surface area (Å²) < 4.78 is 0. The van der Waals surface area contributed by atoms with E-state index < -0.39 is 0 Å². The first-order chi connectivity index (χ1) is 51.1. The number of nitrogens with one attached hydrogen (secondary N) is 10. The molecule has 10 heterocycles. The van der Waals surface area contributed by atoms with Crippen molar-refractivity contribution >= 4 is 0 Å². The van der Waals surface area contributed by atoms with Gasteiger partial charge in [0.15, 0.2) is 5.82 Å². The number of H-pyrrole nitrogens is 10. The van der Waals surface area contributed by atoms with Gasteiger partial charge in [-0.05, 0) is 34.1 Å². The monoisotopic (exact) mass is 1550 g/mol. The van der Waals surface area contributed by atoms with Crippen LogP contribution >= 0.6 is 0 Å². The highest BCUT2D eigenvalue weighted by atomic mass is 15.5. The number of rotatable bonds is 0. The van der Waals surface area contributed by atoms with E-state index in [-0.39, 0.29) is 48.7 Å². The number of tetrazole rings is 1. The first-order valence-electron chi connectivity index (χ1n) is 40.2. The van der Waals surface area contributed by atoms with Gasteiger partial charge in [-0.25, -0.2) is 15.0 Å². The Bertz CT molecular complexity index is 2450. The molecule has 110 heavy (non-hydrogen) atoms. The van der Waals surface area contributed by atoms with Gasteiger partial charge in [0.25, 0.3) is 0 Å². The minimum Gasteiger partial charge on any atom is -0.367 e. The number of hydrogen-bond donors (Lipinski definition) is 10. The highest BCUT2D eigenvalue weighted by Gasteiger charge is 2.21. The Morgan fingerprint density at radius 2 is 0.655 bits per heavy atom. The molecule has 0 amide bonds. The first kappa shape index (κ1) is 123. The van der Waals surface area contributed by atoms with Crippen LogP contribution in [0.4, 0.5) is 0 Å². The quantitative estimate of drug-likeness (QED) is 0.0674. The van der Waals surface area contributed by atoms with Gasteiger partial charge in [0.2, 0.25) is 0 Å². The van der Waals surface area contributed by atoms with Gasteiger partial charge in [0.05, 0.1) is 48.2 Å². The normalized spacial score (nSPS) is 10.3. The summed E-state index contributed by atoms with van der Waals surface area (Å²) in [6.07, 6.45) is 21.4. The fourth-order valence-corrected chi connectivity index (χ4v) is 6.09. The third kappa shape index (κ3) is 65.6. The number of imidazole rings is 1. The van der Waals surface area contributed by atoms with Crippen LogP contribution in [0, 0.1) is 0 Å². The zero-order chi connectivity index (χ0) is 89.1. The van der Waals surface area contributed by atoms with Gasteiger partial charge < -0.3 is 9.97 Å². The Labute approximate surface area is 673 Å². The molecule has 10 aromatic rings. The number of nitrogens with zero attached hydrogens (tertiary/aromatic N) is 16. The van der Waals surface area contributed by atoms with Crippen molar-refractivity contribution in [1.29, 1.82) is 0 Å². The average molecular weight is 1550 g/mol. The molecule has 0 atom stereocenters. The lowest BCUT2D eigenvalue weighted by Gasteiger charge is -2.15. The van der Waals surface area contributed by atoms with Crippen LogP contribution in [0.3, 0.4) is 0 Å². The molecule has 0 radical (unpaired) electrons. The van der Waals surface area contributed by atoms with Crippen molar-refractivity contribution in [3.05, 3.63) is 144 Å². The van der Waals surface area contributed by atoms with Gasteiger partial charge in [-0.1, -0.05) is 351 Å². The molecule has 0 spiro atoms. The van der Waals surface area contributed by atoms with E-state index in [4.69, 9.17) is 0 Å². The van der Waals surface area contributed by atoms with Crippen LogP contribution in [-0.2, 0) is 54.1 Å². The largest absolute Gasteiger partial charge is 0.367 e. The van der Waals surface area contributed by atoms with E-state index >= 15 is 0 Å². The summed E-state index contributed by atoms with van der Waals surface area (Å²) in [4.78, 5) is 18.1.